The summed E-state index contributed by atoms with van der Waals surface area (Å²) in [6.45, 7) is 5.63. The topological polar surface area (TPSA) is 70.8 Å². The minimum absolute atomic E-state index is 0.136. The fraction of sp³-hybridized carbons (Fsp3) is 0.778. The van der Waals surface area contributed by atoms with Gasteiger partial charge in [-0.25, -0.2) is 0 Å². The summed E-state index contributed by atoms with van der Waals surface area (Å²) in [7, 11) is 1.41. The first kappa shape index (κ1) is 18.4. The Morgan fingerprint density at radius 2 is 2.12 bits per heavy atom. The van der Waals surface area contributed by atoms with Crippen molar-refractivity contribution in [2.75, 3.05) is 33.3 Å². The average Bonchev–Trinajstić information content (AvgIpc) is 3.07. The van der Waals surface area contributed by atoms with Crippen molar-refractivity contribution < 1.29 is 14.6 Å². The third-order valence-corrected chi connectivity index (χ3v) is 5.37. The van der Waals surface area contributed by atoms with E-state index in [9.17, 15) is 9.90 Å². The Bertz CT molecular complexity index is 554. The smallest absolute Gasteiger partial charge is 0.307 e. The number of aliphatic hydroxyl groups is 1. The summed E-state index contributed by atoms with van der Waals surface area (Å²) in [5, 5.41) is 14.2. The highest BCUT2D eigenvalue weighted by Crippen LogP contribution is 2.22. The van der Waals surface area contributed by atoms with Crippen LogP contribution in [-0.4, -0.2) is 76.1 Å². The zero-order chi connectivity index (χ0) is 17.6. The summed E-state index contributed by atoms with van der Waals surface area (Å²) >= 11 is 0. The Kier molecular flexibility index (Phi) is 6.45. The molecule has 1 N–H and O–H groups in total. The van der Waals surface area contributed by atoms with Crippen LogP contribution in [0.25, 0.3) is 0 Å². The van der Waals surface area contributed by atoms with Gasteiger partial charge >= 0.3 is 5.97 Å². The molecule has 0 unspecified atom stereocenters. The van der Waals surface area contributed by atoms with Crippen LogP contribution in [0.3, 0.4) is 0 Å². The van der Waals surface area contributed by atoms with E-state index in [4.69, 9.17) is 0 Å². The van der Waals surface area contributed by atoms with Gasteiger partial charge in [-0.1, -0.05) is 0 Å². The number of aliphatic hydroxyl groups excluding tert-OH is 1. The maximum atomic E-state index is 11.2. The lowest BCUT2D eigenvalue weighted by Crippen LogP contribution is -2.49. The molecule has 7 heteroatoms. The number of likely N-dealkylation sites (tertiary alicyclic amines) is 2. The largest absolute Gasteiger partial charge is 0.469 e. The third-order valence-electron chi connectivity index (χ3n) is 5.37. The quantitative estimate of drug-likeness (QED) is 0.768. The second-order valence-electron chi connectivity index (χ2n) is 7.24. The van der Waals surface area contributed by atoms with Crippen molar-refractivity contribution >= 4 is 5.97 Å². The molecule has 1 atom stereocenters. The van der Waals surface area contributed by atoms with Crippen LogP contribution in [0.4, 0.5) is 0 Å². The van der Waals surface area contributed by atoms with E-state index in [1.54, 1.807) is 0 Å². The standard InChI is InChI=1S/C18H30N4O3/c1-25-18(24)6-10-22-13-15(11-19-22)12-20-8-4-16(5-9-20)21-7-2-3-17(23)14-21/h11,13,16-17,23H,2-10,12,14H2,1H3/t17-/m1/s1. The second-order valence-corrected chi connectivity index (χ2v) is 7.24. The predicted molar refractivity (Wildman–Crippen MR) is 94.0 cm³/mol. The first-order valence-electron chi connectivity index (χ1n) is 9.36. The molecule has 140 valence electrons. The molecule has 2 aliphatic heterocycles. The molecule has 0 amide bonds. The molecule has 0 bridgehead atoms. The number of hydrogen-bond donors (Lipinski definition) is 1. The highest BCUT2D eigenvalue weighted by molar-refractivity contribution is 5.68. The number of aryl methyl sites for hydroxylation is 1. The van der Waals surface area contributed by atoms with E-state index in [-0.39, 0.29) is 12.1 Å². The predicted octanol–water partition coefficient (Wildman–Crippen LogP) is 0.867. The van der Waals surface area contributed by atoms with Crippen LogP contribution in [0.2, 0.25) is 0 Å². The number of β-amino-alcohol motifs (C(OH)–C–C–N with tert-alkyl or cyclic N) is 1. The van der Waals surface area contributed by atoms with Crippen LogP contribution in [0.1, 0.15) is 37.7 Å². The molecule has 3 heterocycles. The van der Waals surface area contributed by atoms with Crippen LogP contribution in [0.15, 0.2) is 12.4 Å². The Morgan fingerprint density at radius 3 is 2.84 bits per heavy atom. The Hall–Kier alpha value is -1.44. The lowest BCUT2D eigenvalue weighted by Gasteiger charge is -2.41. The Morgan fingerprint density at radius 1 is 1.32 bits per heavy atom. The van der Waals surface area contributed by atoms with Crippen LogP contribution < -0.4 is 0 Å². The van der Waals surface area contributed by atoms with Gasteiger partial charge in [-0.15, -0.1) is 0 Å². The summed E-state index contributed by atoms with van der Waals surface area (Å²) in [6.07, 6.45) is 8.54. The number of aromatic nitrogens is 2. The molecule has 2 fully saturated rings. The summed E-state index contributed by atoms with van der Waals surface area (Å²) in [4.78, 5) is 16.2. The summed E-state index contributed by atoms with van der Waals surface area (Å²) < 4.78 is 6.47. The van der Waals surface area contributed by atoms with Crippen molar-refractivity contribution in [2.45, 2.75) is 57.3 Å². The van der Waals surface area contributed by atoms with Crippen LogP contribution >= 0.6 is 0 Å². The molecule has 0 spiro atoms. The van der Waals surface area contributed by atoms with E-state index >= 15 is 0 Å². The molecule has 0 radical (unpaired) electrons. The molecule has 2 saturated heterocycles. The van der Waals surface area contributed by atoms with Crippen molar-refractivity contribution in [1.29, 1.82) is 0 Å². The highest BCUT2D eigenvalue weighted by atomic mass is 16.5. The maximum absolute atomic E-state index is 11.2. The third kappa shape index (κ3) is 5.26. The van der Waals surface area contributed by atoms with E-state index in [0.29, 0.717) is 19.0 Å². The zero-order valence-electron chi connectivity index (χ0n) is 15.1. The molecule has 25 heavy (non-hydrogen) atoms. The van der Waals surface area contributed by atoms with Crippen LogP contribution in [-0.2, 0) is 22.6 Å². The highest BCUT2D eigenvalue weighted by Gasteiger charge is 2.28. The van der Waals surface area contributed by atoms with Gasteiger partial charge in [0.1, 0.15) is 0 Å². The lowest BCUT2D eigenvalue weighted by molar-refractivity contribution is -0.140. The molecule has 1 aromatic heterocycles. The molecular weight excluding hydrogens is 320 g/mol. The number of ether oxygens (including phenoxy) is 1. The number of hydrogen-bond acceptors (Lipinski definition) is 6. The maximum Gasteiger partial charge on any atom is 0.307 e. The van der Waals surface area contributed by atoms with Gasteiger partial charge in [-0.2, -0.15) is 5.10 Å². The summed E-state index contributed by atoms with van der Waals surface area (Å²) in [5.74, 6) is -0.207. The SMILES string of the molecule is COC(=O)CCn1cc(CN2CCC(N3CCC[C@@H](O)C3)CC2)cn1. The van der Waals surface area contributed by atoms with E-state index in [1.807, 2.05) is 17.1 Å². The van der Waals surface area contributed by atoms with Crippen LogP contribution in [0, 0.1) is 0 Å². The van der Waals surface area contributed by atoms with Crippen molar-refractivity contribution in [3.63, 3.8) is 0 Å². The van der Waals surface area contributed by atoms with Gasteiger partial charge in [0, 0.05) is 30.9 Å². The number of nitrogens with zero attached hydrogens (tertiary/aromatic N) is 4. The number of piperidine rings is 2. The number of methoxy groups -OCH3 is 1. The summed E-state index contributed by atoms with van der Waals surface area (Å²) in [6, 6.07) is 0.619. The van der Waals surface area contributed by atoms with Crippen molar-refractivity contribution in [2.24, 2.45) is 0 Å². The molecule has 3 rings (SSSR count). The minimum atomic E-state index is -0.207. The monoisotopic (exact) mass is 350 g/mol. The number of esters is 1. The molecule has 2 aliphatic rings. The molecular formula is C18H30N4O3. The number of rotatable bonds is 6. The van der Waals surface area contributed by atoms with E-state index in [0.717, 1.165) is 45.6 Å². The zero-order valence-corrected chi connectivity index (χ0v) is 15.1. The van der Waals surface area contributed by atoms with E-state index < -0.39 is 0 Å². The van der Waals surface area contributed by atoms with E-state index in [1.165, 1.54) is 25.5 Å². The molecule has 0 aliphatic carbocycles. The van der Waals surface area contributed by atoms with Gasteiger partial charge < -0.3 is 9.84 Å². The Balaban J connectivity index is 1.41. The van der Waals surface area contributed by atoms with Gasteiger partial charge in [0.25, 0.3) is 0 Å². The van der Waals surface area contributed by atoms with Gasteiger partial charge in [-0.3, -0.25) is 19.3 Å². The van der Waals surface area contributed by atoms with Crippen LogP contribution in [0.5, 0.6) is 0 Å². The average molecular weight is 350 g/mol. The number of carbonyl (C=O) groups is 1. The lowest BCUT2D eigenvalue weighted by atomic mass is 9.99. The molecule has 0 saturated carbocycles. The molecule has 0 aromatic carbocycles. The van der Waals surface area contributed by atoms with Crippen molar-refractivity contribution in [1.82, 2.24) is 19.6 Å². The fourth-order valence-corrected chi connectivity index (χ4v) is 3.93. The fourth-order valence-electron chi connectivity index (χ4n) is 3.93. The summed E-state index contributed by atoms with van der Waals surface area (Å²) in [5.41, 5.74) is 1.19. The molecule has 7 nitrogen and oxygen atoms in total. The van der Waals surface area contributed by atoms with Crippen molar-refractivity contribution in [3.05, 3.63) is 18.0 Å². The van der Waals surface area contributed by atoms with Gasteiger partial charge in [0.05, 0.1) is 32.4 Å². The van der Waals surface area contributed by atoms with Gasteiger partial charge in [-0.05, 0) is 45.3 Å². The minimum Gasteiger partial charge on any atom is -0.469 e. The first-order valence-corrected chi connectivity index (χ1v) is 9.36. The Labute approximate surface area is 149 Å². The second kappa shape index (κ2) is 8.78. The van der Waals surface area contributed by atoms with Gasteiger partial charge in [0.15, 0.2) is 0 Å². The first-order chi connectivity index (χ1) is 12.1. The molecule has 1 aromatic rings. The van der Waals surface area contributed by atoms with Gasteiger partial charge in [0.2, 0.25) is 0 Å². The number of carbonyl (C=O) groups excluding carboxylic acids is 1. The van der Waals surface area contributed by atoms with E-state index in [2.05, 4.69) is 19.6 Å². The normalized spacial score (nSPS) is 23.7. The van der Waals surface area contributed by atoms with Crippen molar-refractivity contribution in [3.8, 4) is 0 Å².